The van der Waals surface area contributed by atoms with Gasteiger partial charge in [0.15, 0.2) is 0 Å². The monoisotopic (exact) mass is 476 g/mol. The second-order valence-electron chi connectivity index (χ2n) is 12.6. The van der Waals surface area contributed by atoms with Crippen molar-refractivity contribution in [3.8, 4) is 0 Å². The van der Waals surface area contributed by atoms with E-state index in [0.29, 0.717) is 49.0 Å². The summed E-state index contributed by atoms with van der Waals surface area (Å²) in [7, 11) is 0. The summed E-state index contributed by atoms with van der Waals surface area (Å²) in [6.07, 6.45) is 7.25. The van der Waals surface area contributed by atoms with E-state index in [-0.39, 0.29) is 41.2 Å². The van der Waals surface area contributed by atoms with Gasteiger partial charge < -0.3 is 24.4 Å². The predicted octanol–water partition coefficient (Wildman–Crippen LogP) is 2.99. The molecule has 2 heterocycles. The predicted molar refractivity (Wildman–Crippen MR) is 121 cm³/mol. The van der Waals surface area contributed by atoms with Gasteiger partial charge in [-0.15, -0.1) is 0 Å². The Kier molecular flexibility index (Phi) is 5.58. The molecule has 7 heteroatoms. The van der Waals surface area contributed by atoms with Crippen LogP contribution in [0.3, 0.4) is 0 Å². The number of aliphatic hydroxyl groups excluding tert-OH is 2. The van der Waals surface area contributed by atoms with Crippen molar-refractivity contribution in [1.82, 2.24) is 0 Å². The number of hydrogen-bond acceptors (Lipinski definition) is 7. The molecule has 6 aliphatic rings. The zero-order chi connectivity index (χ0) is 23.8. The largest absolute Gasteiger partial charge is 0.463 e. The normalized spacial score (nSPS) is 52.0. The first-order valence-electron chi connectivity index (χ1n) is 13.6. The lowest BCUT2D eigenvalue weighted by Crippen LogP contribution is -2.59. The molecule has 1 spiro atoms. The zero-order valence-corrected chi connectivity index (χ0v) is 20.5. The van der Waals surface area contributed by atoms with Crippen LogP contribution in [0.5, 0.6) is 0 Å². The van der Waals surface area contributed by atoms with Crippen LogP contribution in [-0.4, -0.2) is 58.8 Å². The zero-order valence-electron chi connectivity index (χ0n) is 20.5. The average molecular weight is 477 g/mol. The van der Waals surface area contributed by atoms with E-state index in [1.165, 1.54) is 0 Å². The number of carbonyl (C=O) groups excluding carboxylic acids is 2. The third-order valence-corrected chi connectivity index (χ3v) is 11.1. The number of hydrogen-bond donors (Lipinski definition) is 2. The van der Waals surface area contributed by atoms with Crippen LogP contribution in [0.4, 0.5) is 0 Å². The number of esters is 2. The molecule has 4 saturated carbocycles. The van der Waals surface area contributed by atoms with Gasteiger partial charge in [-0.05, 0) is 92.3 Å². The summed E-state index contributed by atoms with van der Waals surface area (Å²) in [5, 5.41) is 21.6. The van der Waals surface area contributed by atoms with Crippen LogP contribution in [-0.2, 0) is 23.8 Å². The lowest BCUT2D eigenvalue weighted by Gasteiger charge is -2.59. The molecule has 7 nitrogen and oxygen atoms in total. The van der Waals surface area contributed by atoms with Gasteiger partial charge in [-0.25, -0.2) is 4.79 Å². The topological polar surface area (TPSA) is 106 Å². The number of fused-ring (bicyclic) bond motifs is 4. The van der Waals surface area contributed by atoms with Crippen molar-refractivity contribution in [3.05, 3.63) is 0 Å². The molecule has 2 saturated heterocycles. The van der Waals surface area contributed by atoms with E-state index >= 15 is 0 Å². The maximum atomic E-state index is 12.3. The summed E-state index contributed by atoms with van der Waals surface area (Å²) in [6, 6.07) is 0. The molecule has 0 bridgehead atoms. The summed E-state index contributed by atoms with van der Waals surface area (Å²) < 4.78 is 16.8. The van der Waals surface area contributed by atoms with E-state index in [1.807, 2.05) is 0 Å². The molecule has 2 aliphatic heterocycles. The number of epoxide rings is 1. The van der Waals surface area contributed by atoms with Crippen LogP contribution in [0.1, 0.15) is 78.1 Å². The third kappa shape index (κ3) is 3.40. The second-order valence-corrected chi connectivity index (χ2v) is 12.6. The summed E-state index contributed by atoms with van der Waals surface area (Å²) in [5.41, 5.74) is 0.0637. The van der Waals surface area contributed by atoms with Gasteiger partial charge in [0.05, 0.1) is 24.9 Å². The van der Waals surface area contributed by atoms with Gasteiger partial charge in [-0.3, -0.25) is 4.79 Å². The maximum absolute atomic E-state index is 12.3. The molecular weight excluding hydrogens is 436 g/mol. The molecule has 0 aromatic rings. The Morgan fingerprint density at radius 2 is 1.97 bits per heavy atom. The molecule has 12 atom stereocenters. The number of cyclic esters (lactones) is 1. The number of rotatable bonds is 5. The Labute approximate surface area is 201 Å². The minimum atomic E-state index is -0.734. The van der Waals surface area contributed by atoms with Crippen LogP contribution in [0.15, 0.2) is 0 Å². The van der Waals surface area contributed by atoms with Crippen LogP contribution in [0.25, 0.3) is 0 Å². The van der Waals surface area contributed by atoms with Crippen molar-refractivity contribution >= 4 is 11.9 Å². The van der Waals surface area contributed by atoms with E-state index < -0.39 is 12.1 Å². The summed E-state index contributed by atoms with van der Waals surface area (Å²) in [6.45, 7) is 4.97. The number of aliphatic hydroxyl groups is 2. The maximum Gasteiger partial charge on any atom is 0.347 e. The Morgan fingerprint density at radius 3 is 2.74 bits per heavy atom. The Balaban J connectivity index is 1.12. The molecule has 34 heavy (non-hydrogen) atoms. The first-order chi connectivity index (χ1) is 16.2. The van der Waals surface area contributed by atoms with Gasteiger partial charge in [0.1, 0.15) is 5.60 Å². The van der Waals surface area contributed by atoms with Gasteiger partial charge in [0.25, 0.3) is 0 Å². The van der Waals surface area contributed by atoms with E-state index in [0.717, 1.165) is 51.4 Å². The first-order valence-corrected chi connectivity index (χ1v) is 13.6. The number of ether oxygens (including phenoxy) is 3. The fourth-order valence-electron chi connectivity index (χ4n) is 9.37. The van der Waals surface area contributed by atoms with Gasteiger partial charge in [0.2, 0.25) is 6.10 Å². The molecule has 12 unspecified atom stereocenters. The quantitative estimate of drug-likeness (QED) is 0.464. The highest BCUT2D eigenvalue weighted by molar-refractivity contribution is 5.80. The fourth-order valence-corrected chi connectivity index (χ4v) is 9.37. The van der Waals surface area contributed by atoms with Crippen molar-refractivity contribution in [2.45, 2.75) is 108 Å². The molecule has 6 rings (SSSR count). The molecule has 6 fully saturated rings. The molecule has 0 radical (unpaired) electrons. The van der Waals surface area contributed by atoms with Crippen molar-refractivity contribution in [1.29, 1.82) is 0 Å². The Hall–Kier alpha value is -1.18. The van der Waals surface area contributed by atoms with Crippen LogP contribution >= 0.6 is 0 Å². The number of carbonyl (C=O) groups is 2. The van der Waals surface area contributed by atoms with Crippen molar-refractivity contribution in [3.63, 3.8) is 0 Å². The molecule has 0 aromatic carbocycles. The summed E-state index contributed by atoms with van der Waals surface area (Å²) in [4.78, 5) is 23.9. The second kappa shape index (κ2) is 8.17. The Morgan fingerprint density at radius 1 is 1.15 bits per heavy atom. The minimum Gasteiger partial charge on any atom is -0.463 e. The van der Waals surface area contributed by atoms with Gasteiger partial charge >= 0.3 is 11.9 Å². The van der Waals surface area contributed by atoms with Crippen molar-refractivity contribution in [2.75, 3.05) is 6.61 Å². The first kappa shape index (κ1) is 23.2. The molecule has 0 amide bonds. The molecule has 190 valence electrons. The van der Waals surface area contributed by atoms with E-state index in [4.69, 9.17) is 14.2 Å². The molecular formula is C27H40O7. The fraction of sp³-hybridized carbons (Fsp3) is 0.926. The Bertz CT molecular complexity index is 845. The van der Waals surface area contributed by atoms with E-state index in [9.17, 15) is 19.8 Å². The lowest BCUT2D eigenvalue weighted by molar-refractivity contribution is -0.160. The van der Waals surface area contributed by atoms with Crippen molar-refractivity contribution < 1.29 is 34.0 Å². The van der Waals surface area contributed by atoms with Crippen LogP contribution in [0, 0.1) is 40.9 Å². The average Bonchev–Trinajstić information content (AvgIpc) is 3.20. The third-order valence-electron chi connectivity index (χ3n) is 11.1. The highest BCUT2D eigenvalue weighted by Crippen LogP contribution is 2.72. The molecule has 0 aromatic heterocycles. The van der Waals surface area contributed by atoms with E-state index in [1.54, 1.807) is 0 Å². The molecule has 2 N–H and O–H groups in total. The standard InChI is InChI=1S/C27H40O7/c1-14(3-6-23(30)33-21-8-10-32-25(21)31)17-4-5-18-24-19(13-22-27(17,18)34-22)26(2)9-7-16(28)11-15(26)12-20(24)29/h14-22,24,28-29H,3-13H2,1-2H3. The van der Waals surface area contributed by atoms with Crippen LogP contribution < -0.4 is 0 Å². The minimum absolute atomic E-state index is 0.127. The van der Waals surface area contributed by atoms with Gasteiger partial charge in [0, 0.05) is 12.8 Å². The van der Waals surface area contributed by atoms with Crippen LogP contribution in [0.2, 0.25) is 0 Å². The SMILES string of the molecule is CC(CCC(=O)OC1CCOC1=O)C1CCC2C3C(O)CC4CC(O)CCC4(C)C3CC3OC312. The summed E-state index contributed by atoms with van der Waals surface area (Å²) in [5.74, 6) is 1.52. The lowest BCUT2D eigenvalue weighted by atomic mass is 9.46. The summed E-state index contributed by atoms with van der Waals surface area (Å²) >= 11 is 0. The van der Waals surface area contributed by atoms with E-state index in [2.05, 4.69) is 13.8 Å². The smallest absolute Gasteiger partial charge is 0.347 e. The highest BCUT2D eigenvalue weighted by atomic mass is 16.6. The van der Waals surface area contributed by atoms with Gasteiger partial charge in [-0.1, -0.05) is 13.8 Å². The highest BCUT2D eigenvalue weighted by Gasteiger charge is 2.76. The molecule has 4 aliphatic carbocycles. The van der Waals surface area contributed by atoms with Crippen molar-refractivity contribution in [2.24, 2.45) is 40.9 Å². The van der Waals surface area contributed by atoms with Gasteiger partial charge in [-0.2, -0.15) is 0 Å².